The van der Waals surface area contributed by atoms with Crippen LogP contribution in [0.5, 0.6) is 0 Å². The number of hydrogen-bond donors (Lipinski definition) is 2. The van der Waals surface area contributed by atoms with Gasteiger partial charge in [0.15, 0.2) is 0 Å². The molecule has 1 fully saturated rings. The summed E-state index contributed by atoms with van der Waals surface area (Å²) in [6.45, 7) is 2.66. The fourth-order valence-electron chi connectivity index (χ4n) is 2.29. The molecule has 0 bridgehead atoms. The third kappa shape index (κ3) is 3.47. The highest BCUT2D eigenvalue weighted by atomic mass is 16.1. The quantitative estimate of drug-likeness (QED) is 0.815. The van der Waals surface area contributed by atoms with Crippen LogP contribution in [0.3, 0.4) is 0 Å². The average Bonchev–Trinajstić information content (AvgIpc) is 2.86. The van der Waals surface area contributed by atoms with Gasteiger partial charge in [0.05, 0.1) is 0 Å². The molecule has 1 aromatic rings. The van der Waals surface area contributed by atoms with E-state index < -0.39 is 0 Å². The number of carbonyl (C=O) groups is 1. The van der Waals surface area contributed by atoms with Crippen LogP contribution in [0.15, 0.2) is 30.3 Å². The Morgan fingerprint density at radius 1 is 1.39 bits per heavy atom. The molecule has 1 unspecified atom stereocenters. The van der Waals surface area contributed by atoms with Crippen LogP contribution in [0.25, 0.3) is 0 Å². The Bertz CT molecular complexity index is 380. The Kier molecular flexibility index (Phi) is 4.59. The number of amides is 1. The predicted molar refractivity (Wildman–Crippen MR) is 73.7 cm³/mol. The SMILES string of the molecule is CNCCC(=O)NC1CCN(c2ccccc2)C1. The molecule has 1 heterocycles. The lowest BCUT2D eigenvalue weighted by atomic mass is 10.2. The van der Waals surface area contributed by atoms with E-state index in [9.17, 15) is 4.79 Å². The lowest BCUT2D eigenvalue weighted by Gasteiger charge is -2.18. The molecule has 1 atom stereocenters. The zero-order valence-corrected chi connectivity index (χ0v) is 10.9. The van der Waals surface area contributed by atoms with Crippen LogP contribution in [0.4, 0.5) is 5.69 Å². The van der Waals surface area contributed by atoms with Crippen molar-refractivity contribution in [3.8, 4) is 0 Å². The van der Waals surface area contributed by atoms with E-state index in [-0.39, 0.29) is 11.9 Å². The molecule has 2 rings (SSSR count). The molecular formula is C14H21N3O. The van der Waals surface area contributed by atoms with Crippen LogP contribution >= 0.6 is 0 Å². The molecule has 0 aromatic heterocycles. The van der Waals surface area contributed by atoms with Crippen LogP contribution in [0.2, 0.25) is 0 Å². The van der Waals surface area contributed by atoms with E-state index in [1.807, 2.05) is 25.2 Å². The van der Waals surface area contributed by atoms with Crippen molar-refractivity contribution in [2.75, 3.05) is 31.6 Å². The zero-order valence-electron chi connectivity index (χ0n) is 10.9. The molecule has 2 N–H and O–H groups in total. The first-order valence-corrected chi connectivity index (χ1v) is 6.53. The minimum Gasteiger partial charge on any atom is -0.369 e. The van der Waals surface area contributed by atoms with E-state index in [1.54, 1.807) is 0 Å². The lowest BCUT2D eigenvalue weighted by Crippen LogP contribution is -2.38. The molecule has 0 saturated carbocycles. The first kappa shape index (κ1) is 12.9. The Hall–Kier alpha value is -1.55. The van der Waals surface area contributed by atoms with Gasteiger partial charge in [0.2, 0.25) is 5.91 Å². The summed E-state index contributed by atoms with van der Waals surface area (Å²) in [5, 5.41) is 6.08. The smallest absolute Gasteiger partial charge is 0.221 e. The highest BCUT2D eigenvalue weighted by molar-refractivity contribution is 5.76. The summed E-state index contributed by atoms with van der Waals surface area (Å²) in [5.41, 5.74) is 1.24. The van der Waals surface area contributed by atoms with Gasteiger partial charge < -0.3 is 15.5 Å². The highest BCUT2D eigenvalue weighted by Gasteiger charge is 2.23. The maximum atomic E-state index is 11.6. The summed E-state index contributed by atoms with van der Waals surface area (Å²) in [6, 6.07) is 10.6. The standard InChI is InChI=1S/C14H21N3O/c1-15-9-7-14(18)16-12-8-10-17(11-12)13-5-3-2-4-6-13/h2-6,12,15H,7-11H2,1H3,(H,16,18). The molecular weight excluding hydrogens is 226 g/mol. The number of anilines is 1. The lowest BCUT2D eigenvalue weighted by molar-refractivity contribution is -0.121. The van der Waals surface area contributed by atoms with E-state index in [2.05, 4.69) is 27.7 Å². The van der Waals surface area contributed by atoms with E-state index in [0.29, 0.717) is 6.42 Å². The largest absolute Gasteiger partial charge is 0.369 e. The molecule has 98 valence electrons. The van der Waals surface area contributed by atoms with E-state index in [4.69, 9.17) is 0 Å². The molecule has 1 aromatic carbocycles. The fourth-order valence-corrected chi connectivity index (χ4v) is 2.29. The summed E-state index contributed by atoms with van der Waals surface area (Å²) in [4.78, 5) is 14.0. The topological polar surface area (TPSA) is 44.4 Å². The van der Waals surface area contributed by atoms with E-state index in [1.165, 1.54) is 5.69 Å². The maximum Gasteiger partial charge on any atom is 0.221 e. The average molecular weight is 247 g/mol. The van der Waals surface area contributed by atoms with Gasteiger partial charge >= 0.3 is 0 Å². The van der Waals surface area contributed by atoms with Gasteiger partial charge in [-0.2, -0.15) is 0 Å². The van der Waals surface area contributed by atoms with Crippen LogP contribution in [-0.2, 0) is 4.79 Å². The summed E-state index contributed by atoms with van der Waals surface area (Å²) in [7, 11) is 1.86. The third-order valence-electron chi connectivity index (χ3n) is 3.28. The van der Waals surface area contributed by atoms with E-state index >= 15 is 0 Å². The molecule has 1 aliphatic heterocycles. The van der Waals surface area contributed by atoms with Crippen LogP contribution in [0, 0.1) is 0 Å². The van der Waals surface area contributed by atoms with Gasteiger partial charge in [0.25, 0.3) is 0 Å². The number of hydrogen-bond acceptors (Lipinski definition) is 3. The molecule has 1 amide bonds. The second kappa shape index (κ2) is 6.40. The monoisotopic (exact) mass is 247 g/mol. The van der Waals surface area contributed by atoms with Crippen molar-refractivity contribution in [2.45, 2.75) is 18.9 Å². The van der Waals surface area contributed by atoms with Crippen molar-refractivity contribution in [1.82, 2.24) is 10.6 Å². The fraction of sp³-hybridized carbons (Fsp3) is 0.500. The first-order chi connectivity index (χ1) is 8.79. The summed E-state index contributed by atoms with van der Waals surface area (Å²) >= 11 is 0. The van der Waals surface area contributed by atoms with Gasteiger partial charge in [0.1, 0.15) is 0 Å². The molecule has 0 radical (unpaired) electrons. The Morgan fingerprint density at radius 3 is 2.89 bits per heavy atom. The maximum absolute atomic E-state index is 11.6. The van der Waals surface area contributed by atoms with Crippen LogP contribution < -0.4 is 15.5 Å². The van der Waals surface area contributed by atoms with Gasteiger partial charge in [-0.15, -0.1) is 0 Å². The van der Waals surface area contributed by atoms with Gasteiger partial charge in [-0.25, -0.2) is 0 Å². The number of para-hydroxylation sites is 1. The molecule has 4 heteroatoms. The van der Waals surface area contributed by atoms with Gasteiger partial charge in [-0.3, -0.25) is 4.79 Å². The van der Waals surface area contributed by atoms with Crippen molar-refractivity contribution in [3.05, 3.63) is 30.3 Å². The normalized spacial score (nSPS) is 18.9. The van der Waals surface area contributed by atoms with E-state index in [0.717, 1.165) is 26.1 Å². The second-order valence-electron chi connectivity index (χ2n) is 4.69. The van der Waals surface area contributed by atoms with Crippen molar-refractivity contribution >= 4 is 11.6 Å². The molecule has 0 aliphatic carbocycles. The molecule has 1 saturated heterocycles. The van der Waals surface area contributed by atoms with Crippen molar-refractivity contribution in [3.63, 3.8) is 0 Å². The second-order valence-corrected chi connectivity index (χ2v) is 4.69. The van der Waals surface area contributed by atoms with Crippen molar-refractivity contribution < 1.29 is 4.79 Å². The summed E-state index contributed by atoms with van der Waals surface area (Å²) in [6.07, 6.45) is 1.58. The Labute approximate surface area is 108 Å². The number of benzene rings is 1. The highest BCUT2D eigenvalue weighted by Crippen LogP contribution is 2.19. The molecule has 18 heavy (non-hydrogen) atoms. The van der Waals surface area contributed by atoms with Gasteiger partial charge in [-0.05, 0) is 25.6 Å². The first-order valence-electron chi connectivity index (χ1n) is 6.53. The third-order valence-corrected chi connectivity index (χ3v) is 3.28. The van der Waals surface area contributed by atoms with Gasteiger partial charge in [-0.1, -0.05) is 18.2 Å². The minimum atomic E-state index is 0.143. The Morgan fingerprint density at radius 2 is 2.17 bits per heavy atom. The number of nitrogens with zero attached hydrogens (tertiary/aromatic N) is 1. The summed E-state index contributed by atoms with van der Waals surface area (Å²) < 4.78 is 0. The van der Waals surface area contributed by atoms with Crippen LogP contribution in [0.1, 0.15) is 12.8 Å². The molecule has 0 spiro atoms. The molecule has 4 nitrogen and oxygen atoms in total. The molecule has 1 aliphatic rings. The van der Waals surface area contributed by atoms with Crippen molar-refractivity contribution in [2.24, 2.45) is 0 Å². The predicted octanol–water partition coefficient (Wildman–Crippen LogP) is 0.991. The number of rotatable bonds is 5. The Balaban J connectivity index is 1.80. The van der Waals surface area contributed by atoms with Crippen molar-refractivity contribution in [1.29, 1.82) is 0 Å². The summed E-state index contributed by atoms with van der Waals surface area (Å²) in [5.74, 6) is 0.143. The minimum absolute atomic E-state index is 0.143. The zero-order chi connectivity index (χ0) is 12.8. The van der Waals surface area contributed by atoms with Crippen LogP contribution in [-0.4, -0.2) is 38.6 Å². The van der Waals surface area contributed by atoms with Gasteiger partial charge in [0, 0.05) is 37.8 Å². The number of carbonyl (C=O) groups excluding carboxylic acids is 1. The number of nitrogens with one attached hydrogen (secondary N) is 2.